The molecule has 0 atom stereocenters. The molecule has 2 heterocycles. The van der Waals surface area contributed by atoms with E-state index in [1.54, 1.807) is 36.4 Å². The Morgan fingerprint density at radius 3 is 2.42 bits per heavy atom. The van der Waals surface area contributed by atoms with Gasteiger partial charge >= 0.3 is 0 Å². The molecule has 0 bridgehead atoms. The van der Waals surface area contributed by atoms with Crippen molar-refractivity contribution < 1.29 is 14.0 Å². The third-order valence-electron chi connectivity index (χ3n) is 6.14. The first-order valence-corrected chi connectivity index (χ1v) is 13.0. The summed E-state index contributed by atoms with van der Waals surface area (Å²) in [5.74, 6) is -0.621. The van der Waals surface area contributed by atoms with Gasteiger partial charge in [-0.2, -0.15) is 0 Å². The summed E-state index contributed by atoms with van der Waals surface area (Å²) in [5.41, 5.74) is 4.76. The molecule has 1 aliphatic heterocycles. The molecule has 4 aromatic rings. The number of benzene rings is 3. The van der Waals surface area contributed by atoms with Crippen LogP contribution in [0.15, 0.2) is 71.8 Å². The first-order valence-electron chi connectivity index (χ1n) is 11.4. The van der Waals surface area contributed by atoms with Crippen LogP contribution in [-0.4, -0.2) is 20.6 Å². The highest BCUT2D eigenvalue weighted by atomic mass is 35.5. The number of hydrogen-bond acceptors (Lipinski definition) is 3. The number of imide groups is 1. The normalized spacial score (nSPS) is 15.0. The lowest BCUT2D eigenvalue weighted by Gasteiger charge is -2.12. The van der Waals surface area contributed by atoms with E-state index >= 15 is 0 Å². The summed E-state index contributed by atoms with van der Waals surface area (Å²) in [4.78, 5) is 27.5. The minimum absolute atomic E-state index is 0.116. The van der Waals surface area contributed by atoms with Gasteiger partial charge < -0.3 is 4.57 Å². The zero-order valence-corrected chi connectivity index (χ0v) is 21.6. The third-order valence-corrected chi connectivity index (χ3v) is 7.79. The van der Waals surface area contributed by atoms with Gasteiger partial charge in [0.05, 0.1) is 27.0 Å². The van der Waals surface area contributed by atoms with Crippen LogP contribution < -0.4 is 0 Å². The molecule has 2 amide bonds. The summed E-state index contributed by atoms with van der Waals surface area (Å²) in [6.07, 6.45) is 4.60. The van der Waals surface area contributed by atoms with E-state index in [0.717, 1.165) is 45.8 Å². The number of fused-ring (bicyclic) bond motifs is 1. The van der Waals surface area contributed by atoms with Crippen LogP contribution in [0.2, 0.25) is 10.0 Å². The highest BCUT2D eigenvalue weighted by Crippen LogP contribution is 2.36. The lowest BCUT2D eigenvalue weighted by Crippen LogP contribution is -2.27. The summed E-state index contributed by atoms with van der Waals surface area (Å²) in [7, 11) is 0. The van der Waals surface area contributed by atoms with Crippen LogP contribution in [0.1, 0.15) is 29.2 Å². The second-order valence-corrected chi connectivity index (χ2v) is 10.3. The van der Waals surface area contributed by atoms with Crippen molar-refractivity contribution in [3.63, 3.8) is 0 Å². The maximum absolute atomic E-state index is 13.4. The molecule has 0 saturated carbocycles. The fourth-order valence-electron chi connectivity index (χ4n) is 4.38. The second-order valence-electron chi connectivity index (χ2n) is 8.52. The van der Waals surface area contributed by atoms with Gasteiger partial charge in [0.25, 0.3) is 11.1 Å². The van der Waals surface area contributed by atoms with Crippen LogP contribution in [0.3, 0.4) is 0 Å². The summed E-state index contributed by atoms with van der Waals surface area (Å²) in [6.45, 7) is 2.77. The van der Waals surface area contributed by atoms with Crippen LogP contribution in [0.5, 0.6) is 0 Å². The van der Waals surface area contributed by atoms with Crippen LogP contribution in [0.25, 0.3) is 17.0 Å². The van der Waals surface area contributed by atoms with Gasteiger partial charge in [-0.25, -0.2) is 4.39 Å². The molecule has 0 aliphatic carbocycles. The number of para-hydroxylation sites is 1. The van der Waals surface area contributed by atoms with Crippen LogP contribution in [-0.2, 0) is 24.3 Å². The van der Waals surface area contributed by atoms with Gasteiger partial charge in [0.1, 0.15) is 5.82 Å². The zero-order valence-electron chi connectivity index (χ0n) is 19.3. The Hall–Kier alpha value is -3.06. The minimum Gasteiger partial charge on any atom is -0.342 e. The molecule has 0 radical (unpaired) electrons. The molecule has 4 nitrogen and oxygen atoms in total. The number of carbonyl (C=O) groups excluding carboxylic acids is 2. The number of carbonyl (C=O) groups is 2. The van der Waals surface area contributed by atoms with Crippen molar-refractivity contribution in [3.8, 4) is 0 Å². The molecule has 1 aromatic heterocycles. The first-order chi connectivity index (χ1) is 17.3. The third kappa shape index (κ3) is 4.81. The summed E-state index contributed by atoms with van der Waals surface area (Å²) in [6, 6.07) is 17.6. The smallest absolute Gasteiger partial charge is 0.293 e. The Bertz CT molecular complexity index is 1530. The maximum Gasteiger partial charge on any atom is 0.293 e. The first kappa shape index (κ1) is 24.6. The van der Waals surface area contributed by atoms with Gasteiger partial charge in [0.2, 0.25) is 0 Å². The number of hydrogen-bond donors (Lipinski definition) is 0. The van der Waals surface area contributed by atoms with E-state index in [1.807, 2.05) is 18.3 Å². The number of amides is 2. The van der Waals surface area contributed by atoms with E-state index in [4.69, 9.17) is 23.2 Å². The molecule has 8 heteroatoms. The average Bonchev–Trinajstić information content (AvgIpc) is 3.34. The van der Waals surface area contributed by atoms with Gasteiger partial charge in [-0.15, -0.1) is 0 Å². The molecule has 1 fully saturated rings. The molecular formula is C28H21Cl2FN2O2S. The lowest BCUT2D eigenvalue weighted by atomic mass is 10.1. The molecule has 182 valence electrons. The Morgan fingerprint density at radius 1 is 0.944 bits per heavy atom. The Balaban J connectivity index is 1.49. The topological polar surface area (TPSA) is 42.3 Å². The summed E-state index contributed by atoms with van der Waals surface area (Å²) < 4.78 is 15.5. The number of aryl methyl sites for hydroxylation is 1. The standard InChI is InChI=1S/C28H21Cl2FN2O2S/c1-2-19-4-3-5-22-20(16-32(26(19)22)14-17-6-9-21(31)10-7-17)13-25-27(34)33(28(35)36-25)15-18-8-11-23(29)24(30)12-18/h3-13,16H,2,14-15H2,1H3/b25-13-. The van der Waals surface area contributed by atoms with E-state index < -0.39 is 0 Å². The molecule has 0 spiro atoms. The molecule has 1 aliphatic rings. The van der Waals surface area contributed by atoms with E-state index in [0.29, 0.717) is 21.5 Å². The monoisotopic (exact) mass is 538 g/mol. The number of halogens is 3. The van der Waals surface area contributed by atoms with Crippen molar-refractivity contribution in [2.75, 3.05) is 0 Å². The molecule has 36 heavy (non-hydrogen) atoms. The van der Waals surface area contributed by atoms with E-state index in [1.165, 1.54) is 22.6 Å². The van der Waals surface area contributed by atoms with Gasteiger partial charge in [0.15, 0.2) is 0 Å². The van der Waals surface area contributed by atoms with Gasteiger partial charge in [-0.1, -0.05) is 66.5 Å². The molecular weight excluding hydrogens is 518 g/mol. The number of thioether (sulfide) groups is 1. The van der Waals surface area contributed by atoms with Crippen molar-refractivity contribution in [2.24, 2.45) is 0 Å². The van der Waals surface area contributed by atoms with Crippen molar-refractivity contribution in [1.82, 2.24) is 9.47 Å². The average molecular weight is 539 g/mol. The van der Waals surface area contributed by atoms with Crippen LogP contribution >= 0.6 is 35.0 Å². The second kappa shape index (κ2) is 10.1. The molecule has 0 N–H and O–H groups in total. The van der Waals surface area contributed by atoms with Gasteiger partial charge in [-0.3, -0.25) is 14.5 Å². The molecule has 1 saturated heterocycles. The van der Waals surface area contributed by atoms with E-state index in [2.05, 4.69) is 17.6 Å². The predicted octanol–water partition coefficient (Wildman–Crippen LogP) is 7.93. The van der Waals surface area contributed by atoms with Gasteiger partial charge in [-0.05, 0) is 65.2 Å². The predicted molar refractivity (Wildman–Crippen MR) is 145 cm³/mol. The van der Waals surface area contributed by atoms with Crippen LogP contribution in [0.4, 0.5) is 9.18 Å². The molecule has 5 rings (SSSR count). The molecule has 3 aromatic carbocycles. The minimum atomic E-state index is -0.345. The zero-order chi connectivity index (χ0) is 25.4. The van der Waals surface area contributed by atoms with Crippen molar-refractivity contribution in [3.05, 3.63) is 110 Å². The fraction of sp³-hybridized carbons (Fsp3) is 0.143. The Kier molecular flexibility index (Phi) is 6.93. The summed E-state index contributed by atoms with van der Waals surface area (Å²) in [5, 5.41) is 1.45. The number of rotatable bonds is 6. The highest BCUT2D eigenvalue weighted by Gasteiger charge is 2.35. The van der Waals surface area contributed by atoms with Crippen molar-refractivity contribution in [1.29, 1.82) is 0 Å². The van der Waals surface area contributed by atoms with Gasteiger partial charge in [0, 0.05) is 23.7 Å². The van der Waals surface area contributed by atoms with Crippen molar-refractivity contribution >= 4 is 63.1 Å². The Labute approximate surface area is 222 Å². The number of nitrogens with zero attached hydrogens (tertiary/aromatic N) is 2. The quantitative estimate of drug-likeness (QED) is 0.234. The highest BCUT2D eigenvalue weighted by molar-refractivity contribution is 8.18. The van der Waals surface area contributed by atoms with E-state index in [9.17, 15) is 14.0 Å². The van der Waals surface area contributed by atoms with E-state index in [-0.39, 0.29) is 23.5 Å². The summed E-state index contributed by atoms with van der Waals surface area (Å²) >= 11 is 13.0. The van der Waals surface area contributed by atoms with Crippen LogP contribution in [0, 0.1) is 5.82 Å². The number of aromatic nitrogens is 1. The molecule has 0 unspecified atom stereocenters. The largest absolute Gasteiger partial charge is 0.342 e. The van der Waals surface area contributed by atoms with Crippen molar-refractivity contribution in [2.45, 2.75) is 26.4 Å². The Morgan fingerprint density at radius 2 is 1.69 bits per heavy atom. The lowest BCUT2D eigenvalue weighted by molar-refractivity contribution is -0.123. The fourth-order valence-corrected chi connectivity index (χ4v) is 5.52. The SMILES string of the molecule is CCc1cccc2c(/C=C3\SC(=O)N(Cc4ccc(Cl)c(Cl)c4)C3=O)cn(Cc3ccc(F)cc3)c12. The maximum atomic E-state index is 13.4.